The highest BCUT2D eigenvalue weighted by molar-refractivity contribution is 7.89. The SMILES string of the molecule is Cc1ccc(N)c(S(=O)(=O)NC2CCC(C)C2C)c1C. The molecule has 0 aromatic heterocycles. The maximum atomic E-state index is 12.6. The van der Waals surface area contributed by atoms with Gasteiger partial charge in [-0.15, -0.1) is 0 Å². The summed E-state index contributed by atoms with van der Waals surface area (Å²) in [5.41, 5.74) is 7.88. The fraction of sp³-hybridized carbons (Fsp3) is 0.600. The fourth-order valence-corrected chi connectivity index (χ4v) is 4.75. The zero-order valence-electron chi connectivity index (χ0n) is 12.6. The molecular formula is C15H24N2O2S. The normalized spacial score (nSPS) is 26.9. The van der Waals surface area contributed by atoms with E-state index in [4.69, 9.17) is 5.73 Å². The fourth-order valence-electron chi connectivity index (χ4n) is 2.96. The van der Waals surface area contributed by atoms with E-state index >= 15 is 0 Å². The lowest BCUT2D eigenvalue weighted by Gasteiger charge is -2.21. The molecule has 0 spiro atoms. The van der Waals surface area contributed by atoms with Gasteiger partial charge in [0.15, 0.2) is 0 Å². The predicted molar refractivity (Wildman–Crippen MR) is 82.0 cm³/mol. The number of hydrogen-bond donors (Lipinski definition) is 2. The van der Waals surface area contributed by atoms with Crippen molar-refractivity contribution in [2.45, 2.75) is 51.5 Å². The van der Waals surface area contributed by atoms with Crippen molar-refractivity contribution in [3.8, 4) is 0 Å². The van der Waals surface area contributed by atoms with E-state index < -0.39 is 10.0 Å². The molecule has 1 fully saturated rings. The predicted octanol–water partition coefficient (Wildman–Crippen LogP) is 2.60. The van der Waals surface area contributed by atoms with Crippen LogP contribution in [-0.4, -0.2) is 14.5 Å². The van der Waals surface area contributed by atoms with Crippen LogP contribution in [0.5, 0.6) is 0 Å². The Morgan fingerprint density at radius 3 is 2.40 bits per heavy atom. The molecule has 3 atom stereocenters. The first-order chi connectivity index (χ1) is 9.24. The van der Waals surface area contributed by atoms with E-state index in [9.17, 15) is 8.42 Å². The van der Waals surface area contributed by atoms with Crippen molar-refractivity contribution < 1.29 is 8.42 Å². The van der Waals surface area contributed by atoms with Gasteiger partial charge >= 0.3 is 0 Å². The molecule has 1 aliphatic carbocycles. The second-order valence-corrected chi connectivity index (χ2v) is 7.72. The average molecular weight is 296 g/mol. The Bertz CT molecular complexity index is 611. The molecule has 20 heavy (non-hydrogen) atoms. The second-order valence-electron chi connectivity index (χ2n) is 6.07. The number of aryl methyl sites for hydroxylation is 1. The van der Waals surface area contributed by atoms with Crippen LogP contribution in [0.15, 0.2) is 17.0 Å². The minimum absolute atomic E-state index is 0.00862. The number of nitrogens with one attached hydrogen (secondary N) is 1. The van der Waals surface area contributed by atoms with Gasteiger partial charge in [-0.2, -0.15) is 0 Å². The van der Waals surface area contributed by atoms with E-state index in [1.165, 1.54) is 0 Å². The zero-order valence-corrected chi connectivity index (χ0v) is 13.4. The number of anilines is 1. The third kappa shape index (κ3) is 2.69. The van der Waals surface area contributed by atoms with Crippen molar-refractivity contribution in [3.05, 3.63) is 23.3 Å². The van der Waals surface area contributed by atoms with Crippen molar-refractivity contribution in [1.29, 1.82) is 0 Å². The summed E-state index contributed by atoms with van der Waals surface area (Å²) in [6, 6.07) is 3.52. The molecule has 1 saturated carbocycles. The maximum absolute atomic E-state index is 12.6. The lowest BCUT2D eigenvalue weighted by Crippen LogP contribution is -2.38. The highest BCUT2D eigenvalue weighted by atomic mass is 32.2. The smallest absolute Gasteiger partial charge is 0.243 e. The van der Waals surface area contributed by atoms with Crippen LogP contribution in [0.4, 0.5) is 5.69 Å². The maximum Gasteiger partial charge on any atom is 0.243 e. The Labute approximate surface area is 121 Å². The topological polar surface area (TPSA) is 72.2 Å². The summed E-state index contributed by atoms with van der Waals surface area (Å²) in [6.07, 6.45) is 1.96. The van der Waals surface area contributed by atoms with Crippen LogP contribution in [-0.2, 0) is 10.0 Å². The molecule has 0 heterocycles. The zero-order chi connectivity index (χ0) is 15.1. The van der Waals surface area contributed by atoms with Crippen molar-refractivity contribution in [3.63, 3.8) is 0 Å². The molecule has 112 valence electrons. The van der Waals surface area contributed by atoms with Crippen LogP contribution in [0.2, 0.25) is 0 Å². The van der Waals surface area contributed by atoms with E-state index in [2.05, 4.69) is 18.6 Å². The minimum Gasteiger partial charge on any atom is -0.398 e. The third-order valence-electron chi connectivity index (χ3n) is 4.75. The van der Waals surface area contributed by atoms with Gasteiger partial charge in [0, 0.05) is 6.04 Å². The van der Waals surface area contributed by atoms with Gasteiger partial charge in [0.25, 0.3) is 0 Å². The molecule has 1 aromatic carbocycles. The summed E-state index contributed by atoms with van der Waals surface area (Å²) < 4.78 is 28.1. The molecule has 2 rings (SSSR count). The Balaban J connectivity index is 2.35. The van der Waals surface area contributed by atoms with E-state index in [-0.39, 0.29) is 10.9 Å². The highest BCUT2D eigenvalue weighted by Gasteiger charge is 2.34. The third-order valence-corrected chi connectivity index (χ3v) is 6.44. The van der Waals surface area contributed by atoms with Crippen molar-refractivity contribution in [1.82, 2.24) is 4.72 Å². The number of rotatable bonds is 3. The Hall–Kier alpha value is -1.07. The van der Waals surface area contributed by atoms with Crippen LogP contribution in [0, 0.1) is 25.7 Å². The van der Waals surface area contributed by atoms with Crippen LogP contribution >= 0.6 is 0 Å². The number of benzene rings is 1. The Morgan fingerprint density at radius 2 is 1.85 bits per heavy atom. The van der Waals surface area contributed by atoms with Crippen LogP contribution in [0.3, 0.4) is 0 Å². The molecule has 0 saturated heterocycles. The standard InChI is InChI=1S/C15H24N2O2S/c1-9-6-8-14(11(9)3)17-20(18,19)15-12(4)10(2)5-7-13(15)16/h5,7,9,11,14,17H,6,8,16H2,1-4H3. The first-order valence-electron chi connectivity index (χ1n) is 7.12. The number of sulfonamides is 1. The van der Waals surface area contributed by atoms with Gasteiger partial charge < -0.3 is 5.73 Å². The van der Waals surface area contributed by atoms with Crippen LogP contribution < -0.4 is 10.5 Å². The Morgan fingerprint density at radius 1 is 1.20 bits per heavy atom. The van der Waals surface area contributed by atoms with Gasteiger partial charge in [-0.05, 0) is 55.7 Å². The monoisotopic (exact) mass is 296 g/mol. The molecule has 5 heteroatoms. The Kier molecular flexibility index (Phi) is 4.12. The van der Waals surface area contributed by atoms with Gasteiger partial charge in [0.1, 0.15) is 4.90 Å². The quantitative estimate of drug-likeness (QED) is 0.842. The molecule has 0 aliphatic heterocycles. The average Bonchev–Trinajstić information content (AvgIpc) is 2.65. The molecule has 3 N–H and O–H groups in total. The molecule has 0 amide bonds. The lowest BCUT2D eigenvalue weighted by atomic mass is 9.98. The summed E-state index contributed by atoms with van der Waals surface area (Å²) in [6.45, 7) is 7.98. The van der Waals surface area contributed by atoms with Crippen molar-refractivity contribution in [2.24, 2.45) is 11.8 Å². The summed E-state index contributed by atoms with van der Waals surface area (Å²) in [4.78, 5) is 0.240. The summed E-state index contributed by atoms with van der Waals surface area (Å²) in [5.74, 6) is 0.912. The first kappa shape index (κ1) is 15.3. The van der Waals surface area contributed by atoms with E-state index in [0.717, 1.165) is 24.0 Å². The highest BCUT2D eigenvalue weighted by Crippen LogP contribution is 2.33. The second kappa shape index (κ2) is 5.37. The van der Waals surface area contributed by atoms with Crippen LogP contribution in [0.1, 0.15) is 37.8 Å². The van der Waals surface area contributed by atoms with E-state index in [1.54, 1.807) is 13.0 Å². The molecule has 1 aromatic rings. The number of hydrogen-bond acceptors (Lipinski definition) is 3. The summed E-state index contributed by atoms with van der Waals surface area (Å²) in [5, 5.41) is 0. The van der Waals surface area contributed by atoms with Gasteiger partial charge in [-0.3, -0.25) is 0 Å². The van der Waals surface area contributed by atoms with Gasteiger partial charge in [-0.1, -0.05) is 19.9 Å². The van der Waals surface area contributed by atoms with Gasteiger partial charge in [0.05, 0.1) is 5.69 Å². The van der Waals surface area contributed by atoms with E-state index in [0.29, 0.717) is 17.5 Å². The van der Waals surface area contributed by atoms with Gasteiger partial charge in [0.2, 0.25) is 10.0 Å². The summed E-state index contributed by atoms with van der Waals surface area (Å²) in [7, 11) is -3.56. The lowest BCUT2D eigenvalue weighted by molar-refractivity contribution is 0.402. The number of nitrogen functional groups attached to an aromatic ring is 1. The largest absolute Gasteiger partial charge is 0.398 e. The van der Waals surface area contributed by atoms with Gasteiger partial charge in [-0.25, -0.2) is 13.1 Å². The van der Waals surface area contributed by atoms with Crippen LogP contribution in [0.25, 0.3) is 0 Å². The molecule has 0 radical (unpaired) electrons. The first-order valence-corrected chi connectivity index (χ1v) is 8.60. The molecule has 0 bridgehead atoms. The number of nitrogens with two attached hydrogens (primary N) is 1. The van der Waals surface area contributed by atoms with Crippen molar-refractivity contribution in [2.75, 3.05) is 5.73 Å². The molecule has 1 aliphatic rings. The molecule has 4 nitrogen and oxygen atoms in total. The molecule has 3 unspecified atom stereocenters. The molecular weight excluding hydrogens is 272 g/mol. The van der Waals surface area contributed by atoms with E-state index in [1.807, 2.05) is 13.0 Å². The minimum atomic E-state index is -3.56. The summed E-state index contributed by atoms with van der Waals surface area (Å²) >= 11 is 0. The van der Waals surface area contributed by atoms with Crippen molar-refractivity contribution >= 4 is 15.7 Å².